The summed E-state index contributed by atoms with van der Waals surface area (Å²) in [6.45, 7) is 0.274. The second-order valence-corrected chi connectivity index (χ2v) is 7.37. The first-order valence-electron chi connectivity index (χ1n) is 9.47. The van der Waals surface area contributed by atoms with Gasteiger partial charge in [-0.05, 0) is 41.0 Å². The van der Waals surface area contributed by atoms with E-state index in [0.29, 0.717) is 0 Å². The summed E-state index contributed by atoms with van der Waals surface area (Å²) in [6, 6.07) is 16.3. The maximum Gasteiger partial charge on any atom is 0.407 e. The zero-order chi connectivity index (χ0) is 18.8. The van der Waals surface area contributed by atoms with Crippen LogP contribution >= 0.6 is 0 Å². The van der Waals surface area contributed by atoms with E-state index in [2.05, 4.69) is 29.6 Å². The SMILES string of the molecule is O=C(O)C[C@@H]1CCC[C@H]1NC(=O)OCC1c2ccccc2-c2ccccc21. The molecule has 0 spiro atoms. The first-order valence-corrected chi connectivity index (χ1v) is 9.47. The molecular formula is C22H23NO4. The van der Waals surface area contributed by atoms with E-state index in [1.807, 2.05) is 24.3 Å². The Morgan fingerprint density at radius 2 is 1.63 bits per heavy atom. The van der Waals surface area contributed by atoms with Gasteiger partial charge in [-0.25, -0.2) is 4.79 Å². The Kier molecular flexibility index (Phi) is 4.84. The molecule has 5 nitrogen and oxygen atoms in total. The van der Waals surface area contributed by atoms with Crippen molar-refractivity contribution in [1.29, 1.82) is 0 Å². The normalized spacial score (nSPS) is 20.7. The van der Waals surface area contributed by atoms with E-state index in [-0.39, 0.29) is 30.9 Å². The van der Waals surface area contributed by atoms with Gasteiger partial charge in [0.15, 0.2) is 0 Å². The van der Waals surface area contributed by atoms with Crippen molar-refractivity contribution in [2.45, 2.75) is 37.6 Å². The van der Waals surface area contributed by atoms with Crippen LogP contribution in [-0.2, 0) is 9.53 Å². The van der Waals surface area contributed by atoms with Gasteiger partial charge in [0.1, 0.15) is 6.61 Å². The Hall–Kier alpha value is -2.82. The molecule has 1 amide bonds. The minimum absolute atomic E-state index is 0.0111. The number of nitrogens with one attached hydrogen (secondary N) is 1. The van der Waals surface area contributed by atoms with Gasteiger partial charge in [0.05, 0.1) is 6.42 Å². The molecule has 0 bridgehead atoms. The van der Waals surface area contributed by atoms with Crippen molar-refractivity contribution in [3.63, 3.8) is 0 Å². The largest absolute Gasteiger partial charge is 0.481 e. The van der Waals surface area contributed by atoms with Gasteiger partial charge < -0.3 is 15.2 Å². The van der Waals surface area contributed by atoms with Crippen LogP contribution in [0, 0.1) is 5.92 Å². The molecule has 0 saturated heterocycles. The molecule has 2 aromatic rings. The fourth-order valence-electron chi connectivity index (χ4n) is 4.49. The number of aliphatic carboxylic acids is 1. The topological polar surface area (TPSA) is 75.6 Å². The molecule has 0 unspecified atom stereocenters. The highest BCUT2D eigenvalue weighted by molar-refractivity contribution is 5.79. The van der Waals surface area contributed by atoms with Crippen molar-refractivity contribution in [1.82, 2.24) is 5.32 Å². The maximum atomic E-state index is 12.3. The molecule has 2 N–H and O–H groups in total. The molecule has 4 rings (SSSR count). The molecule has 2 aliphatic carbocycles. The minimum Gasteiger partial charge on any atom is -0.481 e. The summed E-state index contributed by atoms with van der Waals surface area (Å²) in [5, 5.41) is 11.9. The van der Waals surface area contributed by atoms with E-state index < -0.39 is 12.1 Å². The third kappa shape index (κ3) is 3.54. The van der Waals surface area contributed by atoms with E-state index in [4.69, 9.17) is 9.84 Å². The molecule has 140 valence electrons. The number of carbonyl (C=O) groups is 2. The lowest BCUT2D eigenvalue weighted by molar-refractivity contribution is -0.138. The summed E-state index contributed by atoms with van der Waals surface area (Å²) in [4.78, 5) is 23.3. The number of amides is 1. The van der Waals surface area contributed by atoms with E-state index >= 15 is 0 Å². The van der Waals surface area contributed by atoms with E-state index in [1.54, 1.807) is 0 Å². The average molecular weight is 365 g/mol. The second kappa shape index (κ2) is 7.43. The van der Waals surface area contributed by atoms with E-state index in [1.165, 1.54) is 22.3 Å². The molecule has 0 heterocycles. The smallest absolute Gasteiger partial charge is 0.407 e. The Labute approximate surface area is 158 Å². The van der Waals surface area contributed by atoms with Crippen LogP contribution in [0.5, 0.6) is 0 Å². The van der Waals surface area contributed by atoms with Crippen LogP contribution in [0.4, 0.5) is 4.79 Å². The average Bonchev–Trinajstić information content (AvgIpc) is 3.22. The van der Waals surface area contributed by atoms with Gasteiger partial charge >= 0.3 is 12.1 Å². The number of hydrogen-bond donors (Lipinski definition) is 2. The van der Waals surface area contributed by atoms with Crippen molar-refractivity contribution in [3.05, 3.63) is 59.7 Å². The fraction of sp³-hybridized carbons (Fsp3) is 0.364. The number of alkyl carbamates (subject to hydrolysis) is 1. The molecular weight excluding hydrogens is 342 g/mol. The number of ether oxygens (including phenoxy) is 1. The Morgan fingerprint density at radius 3 is 2.26 bits per heavy atom. The lowest BCUT2D eigenvalue weighted by atomic mass is 9.98. The lowest BCUT2D eigenvalue weighted by Crippen LogP contribution is -2.38. The highest BCUT2D eigenvalue weighted by atomic mass is 16.5. The Bertz CT molecular complexity index is 817. The van der Waals surface area contributed by atoms with Gasteiger partial charge in [-0.3, -0.25) is 4.79 Å². The highest BCUT2D eigenvalue weighted by Crippen LogP contribution is 2.44. The monoisotopic (exact) mass is 365 g/mol. The number of fused-ring (bicyclic) bond motifs is 3. The van der Waals surface area contributed by atoms with Crippen LogP contribution in [-0.4, -0.2) is 29.8 Å². The van der Waals surface area contributed by atoms with Crippen molar-refractivity contribution >= 4 is 12.1 Å². The second-order valence-electron chi connectivity index (χ2n) is 7.37. The van der Waals surface area contributed by atoms with E-state index in [0.717, 1.165) is 19.3 Å². The summed E-state index contributed by atoms with van der Waals surface area (Å²) in [7, 11) is 0. The van der Waals surface area contributed by atoms with Gasteiger partial charge in [0.2, 0.25) is 0 Å². The number of benzene rings is 2. The number of carboxylic acid groups (broad SMARTS) is 1. The molecule has 0 radical (unpaired) electrons. The maximum absolute atomic E-state index is 12.3. The highest BCUT2D eigenvalue weighted by Gasteiger charge is 2.32. The molecule has 1 fully saturated rings. The van der Waals surface area contributed by atoms with Crippen molar-refractivity contribution in [2.24, 2.45) is 5.92 Å². The van der Waals surface area contributed by atoms with Crippen LogP contribution in [0.2, 0.25) is 0 Å². The number of hydrogen-bond acceptors (Lipinski definition) is 3. The van der Waals surface area contributed by atoms with Crippen LogP contribution < -0.4 is 5.32 Å². The standard InChI is InChI=1S/C22H23NO4/c24-21(25)12-14-6-5-11-20(14)23-22(26)27-13-19-17-9-3-1-7-15(17)16-8-2-4-10-18(16)19/h1-4,7-10,14,19-20H,5-6,11-13H2,(H,23,26)(H,24,25)/t14-,20+/m0/s1. The fourth-order valence-corrected chi connectivity index (χ4v) is 4.49. The van der Waals surface area contributed by atoms with Crippen molar-refractivity contribution in [3.8, 4) is 11.1 Å². The molecule has 2 atom stereocenters. The summed E-state index contributed by atoms with van der Waals surface area (Å²) in [5.41, 5.74) is 4.74. The van der Waals surface area contributed by atoms with Crippen LogP contribution in [0.3, 0.4) is 0 Å². The van der Waals surface area contributed by atoms with Crippen LogP contribution in [0.15, 0.2) is 48.5 Å². The molecule has 0 aliphatic heterocycles. The number of carboxylic acids is 1. The summed E-state index contributed by atoms with van der Waals surface area (Å²) < 4.78 is 5.56. The van der Waals surface area contributed by atoms with Crippen molar-refractivity contribution in [2.75, 3.05) is 6.61 Å². The van der Waals surface area contributed by atoms with Gasteiger partial charge in [0.25, 0.3) is 0 Å². The summed E-state index contributed by atoms with van der Waals surface area (Å²) in [6.07, 6.45) is 2.21. The zero-order valence-electron chi connectivity index (χ0n) is 15.1. The minimum atomic E-state index is -0.818. The summed E-state index contributed by atoms with van der Waals surface area (Å²) in [5.74, 6) is -0.800. The first-order chi connectivity index (χ1) is 13.1. The Morgan fingerprint density at radius 1 is 1.00 bits per heavy atom. The molecule has 0 aromatic heterocycles. The van der Waals surface area contributed by atoms with Crippen molar-refractivity contribution < 1.29 is 19.4 Å². The summed E-state index contributed by atoms with van der Waals surface area (Å²) >= 11 is 0. The van der Waals surface area contributed by atoms with Gasteiger partial charge in [-0.2, -0.15) is 0 Å². The third-order valence-corrected chi connectivity index (χ3v) is 5.74. The lowest BCUT2D eigenvalue weighted by Gasteiger charge is -2.20. The quantitative estimate of drug-likeness (QED) is 0.834. The van der Waals surface area contributed by atoms with Gasteiger partial charge in [-0.15, -0.1) is 0 Å². The van der Waals surface area contributed by atoms with Crippen LogP contribution in [0.1, 0.15) is 42.7 Å². The van der Waals surface area contributed by atoms with Crippen LogP contribution in [0.25, 0.3) is 11.1 Å². The zero-order valence-corrected chi connectivity index (χ0v) is 15.1. The third-order valence-electron chi connectivity index (χ3n) is 5.74. The predicted molar refractivity (Wildman–Crippen MR) is 102 cm³/mol. The molecule has 2 aromatic carbocycles. The molecule has 2 aliphatic rings. The van der Waals surface area contributed by atoms with E-state index in [9.17, 15) is 9.59 Å². The Balaban J connectivity index is 1.42. The molecule has 27 heavy (non-hydrogen) atoms. The first kappa shape index (κ1) is 17.6. The number of carbonyl (C=O) groups excluding carboxylic acids is 1. The van der Waals surface area contributed by atoms with Gasteiger partial charge in [0, 0.05) is 12.0 Å². The molecule has 5 heteroatoms. The predicted octanol–water partition coefficient (Wildman–Crippen LogP) is 4.17. The molecule has 1 saturated carbocycles. The van der Waals surface area contributed by atoms with Gasteiger partial charge in [-0.1, -0.05) is 55.0 Å². The number of rotatable bonds is 5.